The summed E-state index contributed by atoms with van der Waals surface area (Å²) >= 11 is 1.78. The molecule has 0 bridgehead atoms. The molecule has 0 spiro atoms. The van der Waals surface area contributed by atoms with Crippen molar-refractivity contribution >= 4 is 11.8 Å². The predicted octanol–water partition coefficient (Wildman–Crippen LogP) is 1.83. The summed E-state index contributed by atoms with van der Waals surface area (Å²) in [4.78, 5) is 3.97. The van der Waals surface area contributed by atoms with E-state index in [-0.39, 0.29) is 6.04 Å². The molecule has 2 atom stereocenters. The van der Waals surface area contributed by atoms with Crippen LogP contribution in [0.25, 0.3) is 0 Å². The maximum absolute atomic E-state index is 5.84. The van der Waals surface area contributed by atoms with Gasteiger partial charge in [0.2, 0.25) is 0 Å². The first-order valence-electron chi connectivity index (χ1n) is 3.94. The molecule has 0 saturated carbocycles. The molecule has 2 nitrogen and oxygen atoms in total. The highest BCUT2D eigenvalue weighted by Crippen LogP contribution is 2.28. The number of nitrogens with zero attached hydrogens (tertiary/aromatic N) is 1. The minimum Gasteiger partial charge on any atom is -0.327 e. The number of hydrogen-bond acceptors (Lipinski definition) is 3. The van der Waals surface area contributed by atoms with E-state index in [2.05, 4.69) is 11.2 Å². The molecule has 0 fully saturated rings. The Morgan fingerprint density at radius 2 is 2.00 bits per heavy atom. The van der Waals surface area contributed by atoms with Crippen molar-refractivity contribution in [3.05, 3.63) is 30.1 Å². The molecule has 2 N–H and O–H groups in total. The van der Waals surface area contributed by atoms with Crippen molar-refractivity contribution in [2.45, 2.75) is 18.2 Å². The minimum atomic E-state index is 0.183. The lowest BCUT2D eigenvalue weighted by atomic mass is 10.1. The van der Waals surface area contributed by atoms with Gasteiger partial charge >= 0.3 is 0 Å². The molecule has 66 valence electrons. The smallest absolute Gasteiger partial charge is 0.0443 e. The van der Waals surface area contributed by atoms with Crippen LogP contribution in [0, 0.1) is 0 Å². The maximum Gasteiger partial charge on any atom is 0.0443 e. The summed E-state index contributed by atoms with van der Waals surface area (Å²) in [5.41, 5.74) is 7.09. The van der Waals surface area contributed by atoms with Crippen LogP contribution in [0.1, 0.15) is 17.7 Å². The van der Waals surface area contributed by atoms with E-state index in [4.69, 9.17) is 5.73 Å². The second-order valence-electron chi connectivity index (χ2n) is 2.80. The number of hydrogen-bond donors (Lipinski definition) is 1. The fraction of sp³-hybridized carbons (Fsp3) is 0.444. The molecule has 12 heavy (non-hydrogen) atoms. The molecular formula is C9H14N2S. The summed E-state index contributed by atoms with van der Waals surface area (Å²) in [6.45, 7) is 2.03. The van der Waals surface area contributed by atoms with E-state index in [1.807, 2.05) is 19.1 Å². The molecule has 0 aliphatic carbocycles. The average Bonchev–Trinajstić information content (AvgIpc) is 2.07. The fourth-order valence-electron chi connectivity index (χ4n) is 1.21. The Morgan fingerprint density at radius 1 is 1.42 bits per heavy atom. The average molecular weight is 182 g/mol. The van der Waals surface area contributed by atoms with Gasteiger partial charge in [-0.3, -0.25) is 4.98 Å². The maximum atomic E-state index is 5.84. The van der Waals surface area contributed by atoms with Crippen LogP contribution in [0.15, 0.2) is 24.5 Å². The van der Waals surface area contributed by atoms with Crippen molar-refractivity contribution in [1.29, 1.82) is 0 Å². The van der Waals surface area contributed by atoms with Gasteiger partial charge in [-0.25, -0.2) is 0 Å². The van der Waals surface area contributed by atoms with Gasteiger partial charge in [-0.1, -0.05) is 0 Å². The van der Waals surface area contributed by atoms with Gasteiger partial charge in [0.15, 0.2) is 0 Å². The van der Waals surface area contributed by atoms with E-state index in [0.717, 1.165) is 0 Å². The third-order valence-corrected chi connectivity index (χ3v) is 2.98. The van der Waals surface area contributed by atoms with Gasteiger partial charge < -0.3 is 5.73 Å². The molecule has 0 radical (unpaired) electrons. The number of rotatable bonds is 3. The highest BCUT2D eigenvalue weighted by Gasteiger charge is 2.13. The molecule has 3 heteroatoms. The molecule has 0 saturated heterocycles. The Labute approximate surface area is 77.6 Å². The van der Waals surface area contributed by atoms with Crippen LogP contribution in [-0.2, 0) is 0 Å². The Bertz CT molecular complexity index is 223. The Morgan fingerprint density at radius 3 is 2.42 bits per heavy atom. The van der Waals surface area contributed by atoms with E-state index in [9.17, 15) is 0 Å². The summed E-state index contributed by atoms with van der Waals surface area (Å²) in [6, 6.07) is 4.22. The second-order valence-corrected chi connectivity index (χ2v) is 3.78. The van der Waals surface area contributed by atoms with Crippen LogP contribution in [0.4, 0.5) is 0 Å². The summed E-state index contributed by atoms with van der Waals surface area (Å²) in [5.74, 6) is 0. The first-order chi connectivity index (χ1) is 5.75. The van der Waals surface area contributed by atoms with Crippen molar-refractivity contribution in [2.24, 2.45) is 5.73 Å². The van der Waals surface area contributed by atoms with Gasteiger partial charge in [0.05, 0.1) is 0 Å². The SMILES string of the molecule is CSC(c1ccncc1)C(C)N. The topological polar surface area (TPSA) is 38.9 Å². The van der Waals surface area contributed by atoms with E-state index in [0.29, 0.717) is 5.25 Å². The molecule has 1 rings (SSSR count). The summed E-state index contributed by atoms with van der Waals surface area (Å²) in [7, 11) is 0. The van der Waals surface area contributed by atoms with Crippen LogP contribution >= 0.6 is 11.8 Å². The third-order valence-electron chi connectivity index (χ3n) is 1.77. The zero-order chi connectivity index (χ0) is 8.97. The lowest BCUT2D eigenvalue weighted by Gasteiger charge is -2.18. The fourth-order valence-corrected chi connectivity index (χ4v) is 2.07. The molecule has 0 aromatic carbocycles. The summed E-state index contributed by atoms with van der Waals surface area (Å²) in [5, 5.41) is 0.382. The molecular weight excluding hydrogens is 168 g/mol. The van der Waals surface area contributed by atoms with Crippen LogP contribution in [-0.4, -0.2) is 17.3 Å². The number of aromatic nitrogens is 1. The number of nitrogens with two attached hydrogens (primary N) is 1. The van der Waals surface area contributed by atoms with E-state index >= 15 is 0 Å². The third kappa shape index (κ3) is 2.22. The van der Waals surface area contributed by atoms with E-state index < -0.39 is 0 Å². The number of pyridine rings is 1. The van der Waals surface area contributed by atoms with E-state index in [1.54, 1.807) is 24.2 Å². The van der Waals surface area contributed by atoms with Crippen LogP contribution in [0.3, 0.4) is 0 Å². The quantitative estimate of drug-likeness (QED) is 0.775. The van der Waals surface area contributed by atoms with Gasteiger partial charge in [-0.2, -0.15) is 11.8 Å². The molecule has 1 heterocycles. The van der Waals surface area contributed by atoms with Crippen LogP contribution in [0.5, 0.6) is 0 Å². The lowest BCUT2D eigenvalue weighted by Crippen LogP contribution is -2.22. The van der Waals surface area contributed by atoms with Gasteiger partial charge in [0, 0.05) is 23.7 Å². The monoisotopic (exact) mass is 182 g/mol. The standard InChI is InChI=1S/C9H14N2S/c1-7(10)9(12-2)8-3-5-11-6-4-8/h3-7,9H,10H2,1-2H3. The Kier molecular flexibility index (Phi) is 3.56. The van der Waals surface area contributed by atoms with Crippen molar-refractivity contribution in [3.63, 3.8) is 0 Å². The number of thioether (sulfide) groups is 1. The molecule has 0 aliphatic rings. The molecule has 1 aromatic heterocycles. The molecule has 0 aliphatic heterocycles. The van der Waals surface area contributed by atoms with Gasteiger partial charge in [0.1, 0.15) is 0 Å². The normalized spacial score (nSPS) is 15.6. The predicted molar refractivity (Wildman–Crippen MR) is 54.1 cm³/mol. The largest absolute Gasteiger partial charge is 0.327 e. The molecule has 0 amide bonds. The van der Waals surface area contributed by atoms with Crippen molar-refractivity contribution in [2.75, 3.05) is 6.26 Å². The first kappa shape index (κ1) is 9.55. The Balaban J connectivity index is 2.80. The van der Waals surface area contributed by atoms with Crippen molar-refractivity contribution in [1.82, 2.24) is 4.98 Å². The van der Waals surface area contributed by atoms with Crippen molar-refractivity contribution in [3.8, 4) is 0 Å². The minimum absolute atomic E-state index is 0.183. The second kappa shape index (κ2) is 4.48. The van der Waals surface area contributed by atoms with Gasteiger partial charge in [0.25, 0.3) is 0 Å². The highest BCUT2D eigenvalue weighted by molar-refractivity contribution is 7.98. The van der Waals surface area contributed by atoms with Crippen molar-refractivity contribution < 1.29 is 0 Å². The van der Waals surface area contributed by atoms with Crippen LogP contribution < -0.4 is 5.73 Å². The summed E-state index contributed by atoms with van der Waals surface area (Å²) < 4.78 is 0. The van der Waals surface area contributed by atoms with Gasteiger partial charge in [-0.05, 0) is 30.9 Å². The van der Waals surface area contributed by atoms with Gasteiger partial charge in [-0.15, -0.1) is 0 Å². The highest BCUT2D eigenvalue weighted by atomic mass is 32.2. The Hall–Kier alpha value is -0.540. The molecule has 2 unspecified atom stereocenters. The van der Waals surface area contributed by atoms with Crippen LogP contribution in [0.2, 0.25) is 0 Å². The lowest BCUT2D eigenvalue weighted by molar-refractivity contribution is 0.722. The molecule has 1 aromatic rings. The zero-order valence-electron chi connectivity index (χ0n) is 7.40. The first-order valence-corrected chi connectivity index (χ1v) is 5.22. The van der Waals surface area contributed by atoms with E-state index in [1.165, 1.54) is 5.56 Å². The summed E-state index contributed by atoms with van der Waals surface area (Å²) in [6.07, 6.45) is 5.69. The zero-order valence-corrected chi connectivity index (χ0v) is 8.21.